The summed E-state index contributed by atoms with van der Waals surface area (Å²) in [6, 6.07) is 0.863. The highest BCUT2D eigenvalue weighted by molar-refractivity contribution is 7.90. The molecule has 13 heteroatoms. The molecule has 37 heavy (non-hydrogen) atoms. The summed E-state index contributed by atoms with van der Waals surface area (Å²) in [4.78, 5) is 35.4. The summed E-state index contributed by atoms with van der Waals surface area (Å²) < 4.78 is 53.5. The van der Waals surface area contributed by atoms with Gasteiger partial charge in [0, 0.05) is 55.8 Å². The van der Waals surface area contributed by atoms with Crippen molar-refractivity contribution >= 4 is 27.3 Å². The number of hydrogen-bond donors (Lipinski definition) is 3. The van der Waals surface area contributed by atoms with Crippen molar-refractivity contribution in [2.45, 2.75) is 61.6 Å². The molecular weight excluding hydrogens is 508 g/mol. The number of aromatic nitrogens is 2. The number of carbonyl (C=O) groups is 2. The fraction of sp³-hybridized carbons (Fsp3) is 0.500. The average molecular weight is 538 g/mol. The molecule has 0 aliphatic carbocycles. The molecule has 0 saturated carbocycles. The van der Waals surface area contributed by atoms with Gasteiger partial charge in [0.15, 0.2) is 21.2 Å². The Bertz CT molecular complexity index is 1330. The van der Waals surface area contributed by atoms with E-state index in [-0.39, 0.29) is 24.6 Å². The van der Waals surface area contributed by atoms with Gasteiger partial charge >= 0.3 is 0 Å². The average Bonchev–Trinajstić information content (AvgIpc) is 2.81. The topological polar surface area (TPSA) is 142 Å². The number of nitrogens with one attached hydrogen (secondary N) is 2. The number of amides is 2. The van der Waals surface area contributed by atoms with E-state index in [0.717, 1.165) is 6.26 Å². The molecule has 2 aliphatic heterocycles. The van der Waals surface area contributed by atoms with Crippen molar-refractivity contribution < 1.29 is 31.9 Å². The monoisotopic (exact) mass is 537 g/mol. The van der Waals surface area contributed by atoms with Gasteiger partial charge in [0.1, 0.15) is 16.5 Å². The molecule has 1 aromatic heterocycles. The molecule has 0 unspecified atom stereocenters. The summed E-state index contributed by atoms with van der Waals surface area (Å²) in [6.45, 7) is 3.84. The molecule has 4 rings (SSSR count). The zero-order chi connectivity index (χ0) is 27.2. The Kier molecular flexibility index (Phi) is 6.97. The van der Waals surface area contributed by atoms with E-state index in [1.54, 1.807) is 18.7 Å². The largest absolute Gasteiger partial charge is 0.386 e. The van der Waals surface area contributed by atoms with Crippen LogP contribution < -0.4 is 10.6 Å². The van der Waals surface area contributed by atoms with Crippen molar-refractivity contribution in [1.29, 1.82) is 0 Å². The fourth-order valence-corrected chi connectivity index (χ4v) is 5.46. The molecule has 2 aromatic rings. The predicted molar refractivity (Wildman–Crippen MR) is 129 cm³/mol. The molecule has 1 aromatic carbocycles. The second-order valence-corrected chi connectivity index (χ2v) is 12.0. The standard InChI is InChI=1S/C24H29F2N5O5S/c1-23(2,34)14-12-28-21(29-13-14)24(30-18-10-17(26)19(11-16(18)25)37(3,35)36)6-4-8-31(22(24)33)15-5-7-27-20(32)9-15/h10-13,15,30,34H,4-9H2,1-3H3,(H,27,32)/t15-,24+/m0/s1. The van der Waals surface area contributed by atoms with E-state index in [1.165, 1.54) is 12.4 Å². The lowest BCUT2D eigenvalue weighted by Crippen LogP contribution is -2.60. The first-order valence-electron chi connectivity index (χ1n) is 11.8. The molecule has 200 valence electrons. The third kappa shape index (κ3) is 5.28. The van der Waals surface area contributed by atoms with Crippen molar-refractivity contribution in [3.8, 4) is 0 Å². The van der Waals surface area contributed by atoms with Crippen LogP contribution in [-0.4, -0.2) is 65.6 Å². The maximum atomic E-state index is 15.1. The van der Waals surface area contributed by atoms with Crippen LogP contribution in [0.2, 0.25) is 0 Å². The third-order valence-corrected chi connectivity index (χ3v) is 7.86. The molecule has 0 radical (unpaired) electrons. The van der Waals surface area contributed by atoms with E-state index >= 15 is 4.39 Å². The first-order chi connectivity index (χ1) is 17.2. The zero-order valence-corrected chi connectivity index (χ0v) is 21.5. The van der Waals surface area contributed by atoms with E-state index in [1.807, 2.05) is 0 Å². The van der Waals surface area contributed by atoms with Crippen LogP contribution >= 0.6 is 0 Å². The van der Waals surface area contributed by atoms with Gasteiger partial charge in [0.2, 0.25) is 5.91 Å². The molecule has 0 bridgehead atoms. The quantitative estimate of drug-likeness (QED) is 0.505. The van der Waals surface area contributed by atoms with Crippen LogP contribution in [0, 0.1) is 11.6 Å². The lowest BCUT2D eigenvalue weighted by Gasteiger charge is -2.45. The van der Waals surface area contributed by atoms with Crippen LogP contribution in [0.3, 0.4) is 0 Å². The highest BCUT2D eigenvalue weighted by Crippen LogP contribution is 2.38. The van der Waals surface area contributed by atoms with Crippen LogP contribution in [-0.2, 0) is 30.6 Å². The second-order valence-electron chi connectivity index (χ2n) is 10.0. The lowest BCUT2D eigenvalue weighted by atomic mass is 9.84. The number of hydrogen-bond acceptors (Lipinski definition) is 8. The smallest absolute Gasteiger partial charge is 0.256 e. The van der Waals surface area contributed by atoms with Crippen LogP contribution in [0.4, 0.5) is 14.5 Å². The first-order valence-corrected chi connectivity index (χ1v) is 13.7. The first kappa shape index (κ1) is 26.9. The Labute approximate surface area is 213 Å². The molecule has 2 fully saturated rings. The van der Waals surface area contributed by atoms with Crippen LogP contribution in [0.25, 0.3) is 0 Å². The number of nitrogens with zero attached hydrogens (tertiary/aromatic N) is 3. The number of benzene rings is 1. The van der Waals surface area contributed by atoms with Crippen molar-refractivity contribution in [2.24, 2.45) is 0 Å². The summed E-state index contributed by atoms with van der Waals surface area (Å²) in [7, 11) is -4.04. The number of anilines is 1. The normalized spacial score (nSPS) is 23.1. The van der Waals surface area contributed by atoms with E-state index in [9.17, 15) is 27.5 Å². The van der Waals surface area contributed by atoms with Crippen LogP contribution in [0.5, 0.6) is 0 Å². The minimum Gasteiger partial charge on any atom is -0.386 e. The summed E-state index contributed by atoms with van der Waals surface area (Å²) in [5, 5.41) is 15.8. The van der Waals surface area contributed by atoms with Gasteiger partial charge < -0.3 is 20.6 Å². The Hall–Kier alpha value is -3.19. The number of likely N-dealkylation sites (tertiary alicyclic amines) is 1. The molecule has 3 N–H and O–H groups in total. The molecule has 0 spiro atoms. The Morgan fingerprint density at radius 2 is 1.86 bits per heavy atom. The SMILES string of the molecule is CC(C)(O)c1cnc([C@]2(Nc3cc(F)c(S(C)(=O)=O)cc3F)CCCN([C@H]3CCNC(=O)C3)C2=O)nc1. The maximum absolute atomic E-state index is 15.1. The van der Waals surface area contributed by atoms with Gasteiger partial charge in [-0.15, -0.1) is 0 Å². The number of sulfone groups is 1. The number of carbonyl (C=O) groups excluding carboxylic acids is 2. The Morgan fingerprint density at radius 3 is 2.46 bits per heavy atom. The van der Waals surface area contributed by atoms with Gasteiger partial charge in [-0.1, -0.05) is 0 Å². The van der Waals surface area contributed by atoms with Crippen molar-refractivity contribution in [2.75, 3.05) is 24.7 Å². The van der Waals surface area contributed by atoms with E-state index < -0.39 is 55.1 Å². The summed E-state index contributed by atoms with van der Waals surface area (Å²) >= 11 is 0. The Morgan fingerprint density at radius 1 is 1.19 bits per heavy atom. The fourth-order valence-electron chi connectivity index (χ4n) is 4.73. The summed E-state index contributed by atoms with van der Waals surface area (Å²) in [5.74, 6) is -2.98. The molecule has 2 saturated heterocycles. The molecule has 3 heterocycles. The van der Waals surface area contributed by atoms with Crippen molar-refractivity contribution in [3.05, 3.63) is 47.5 Å². The van der Waals surface area contributed by atoms with Gasteiger partial charge in [-0.3, -0.25) is 9.59 Å². The van der Waals surface area contributed by atoms with Gasteiger partial charge in [0.25, 0.3) is 5.91 Å². The molecule has 10 nitrogen and oxygen atoms in total. The molecule has 2 atom stereocenters. The van der Waals surface area contributed by atoms with E-state index in [4.69, 9.17) is 0 Å². The maximum Gasteiger partial charge on any atom is 0.256 e. The number of rotatable bonds is 6. The van der Waals surface area contributed by atoms with Gasteiger partial charge in [-0.05, 0) is 39.2 Å². The van der Waals surface area contributed by atoms with E-state index in [0.29, 0.717) is 43.6 Å². The van der Waals surface area contributed by atoms with Gasteiger partial charge in [-0.25, -0.2) is 27.2 Å². The minimum atomic E-state index is -4.04. The third-order valence-electron chi connectivity index (χ3n) is 6.75. The number of halogens is 2. The zero-order valence-electron chi connectivity index (χ0n) is 20.7. The van der Waals surface area contributed by atoms with Gasteiger partial charge in [-0.2, -0.15) is 0 Å². The lowest BCUT2D eigenvalue weighted by molar-refractivity contribution is -0.144. The molecular formula is C24H29F2N5O5S. The highest BCUT2D eigenvalue weighted by Gasteiger charge is 2.50. The Balaban J connectivity index is 1.81. The van der Waals surface area contributed by atoms with Gasteiger partial charge in [0.05, 0.1) is 11.3 Å². The van der Waals surface area contributed by atoms with Crippen molar-refractivity contribution in [3.63, 3.8) is 0 Å². The highest BCUT2D eigenvalue weighted by atomic mass is 32.2. The molecule has 2 aliphatic rings. The molecule has 2 amide bonds. The summed E-state index contributed by atoms with van der Waals surface area (Å²) in [5.41, 5.74) is -3.04. The number of piperidine rings is 2. The van der Waals surface area contributed by atoms with Crippen LogP contribution in [0.1, 0.15) is 50.9 Å². The summed E-state index contributed by atoms with van der Waals surface area (Å²) in [6.07, 6.45) is 4.67. The predicted octanol–water partition coefficient (Wildman–Crippen LogP) is 1.59. The number of aliphatic hydroxyl groups is 1. The van der Waals surface area contributed by atoms with Crippen molar-refractivity contribution in [1.82, 2.24) is 20.2 Å². The second kappa shape index (κ2) is 9.60. The van der Waals surface area contributed by atoms with Crippen LogP contribution in [0.15, 0.2) is 29.4 Å². The van der Waals surface area contributed by atoms with E-state index in [2.05, 4.69) is 20.6 Å². The minimum absolute atomic E-state index is 0.0255.